The van der Waals surface area contributed by atoms with E-state index in [1.165, 1.54) is 0 Å². The Morgan fingerprint density at radius 1 is 1.35 bits per heavy atom. The Labute approximate surface area is 120 Å². The first-order valence-corrected chi connectivity index (χ1v) is 7.35. The SMILES string of the molecule is CCC(CC)N(CCO)C(=O)c1c(C)noc1C(C)C. The van der Waals surface area contributed by atoms with E-state index in [0.717, 1.165) is 12.8 Å². The van der Waals surface area contributed by atoms with E-state index in [1.807, 2.05) is 13.8 Å². The van der Waals surface area contributed by atoms with Gasteiger partial charge in [0.1, 0.15) is 5.56 Å². The third kappa shape index (κ3) is 3.39. The van der Waals surface area contributed by atoms with E-state index < -0.39 is 0 Å². The van der Waals surface area contributed by atoms with Crippen molar-refractivity contribution in [3.63, 3.8) is 0 Å². The summed E-state index contributed by atoms with van der Waals surface area (Å²) in [6.45, 7) is 10.1. The van der Waals surface area contributed by atoms with Crippen molar-refractivity contribution in [3.8, 4) is 0 Å². The molecule has 1 heterocycles. The van der Waals surface area contributed by atoms with Crippen LogP contribution in [0.3, 0.4) is 0 Å². The quantitative estimate of drug-likeness (QED) is 0.835. The molecule has 0 bridgehead atoms. The Bertz CT molecular complexity index is 436. The zero-order valence-electron chi connectivity index (χ0n) is 13.1. The van der Waals surface area contributed by atoms with E-state index >= 15 is 0 Å². The van der Waals surface area contributed by atoms with E-state index in [1.54, 1.807) is 11.8 Å². The lowest BCUT2D eigenvalue weighted by molar-refractivity contribution is 0.0619. The second kappa shape index (κ2) is 7.43. The Balaban J connectivity index is 3.15. The average Bonchev–Trinajstić information content (AvgIpc) is 2.80. The molecule has 5 nitrogen and oxygen atoms in total. The number of aromatic nitrogens is 1. The fourth-order valence-electron chi connectivity index (χ4n) is 2.47. The highest BCUT2D eigenvalue weighted by Crippen LogP contribution is 2.25. The van der Waals surface area contributed by atoms with Crippen molar-refractivity contribution in [2.75, 3.05) is 13.2 Å². The molecule has 0 saturated heterocycles. The van der Waals surface area contributed by atoms with Crippen LogP contribution in [0, 0.1) is 6.92 Å². The number of aliphatic hydroxyl groups excluding tert-OH is 1. The number of aryl methyl sites for hydroxylation is 1. The van der Waals surface area contributed by atoms with Crippen LogP contribution in [0.25, 0.3) is 0 Å². The van der Waals surface area contributed by atoms with Gasteiger partial charge in [0.05, 0.1) is 12.3 Å². The molecular formula is C15H26N2O3. The van der Waals surface area contributed by atoms with Gasteiger partial charge in [0.25, 0.3) is 5.91 Å². The smallest absolute Gasteiger partial charge is 0.259 e. The Morgan fingerprint density at radius 3 is 2.40 bits per heavy atom. The summed E-state index contributed by atoms with van der Waals surface area (Å²) in [7, 11) is 0. The summed E-state index contributed by atoms with van der Waals surface area (Å²) in [5, 5.41) is 13.2. The third-order valence-electron chi connectivity index (χ3n) is 3.61. The summed E-state index contributed by atoms with van der Waals surface area (Å²) < 4.78 is 5.29. The van der Waals surface area contributed by atoms with Crippen molar-refractivity contribution in [2.24, 2.45) is 0 Å². The van der Waals surface area contributed by atoms with Crippen LogP contribution in [-0.4, -0.2) is 40.3 Å². The van der Waals surface area contributed by atoms with Crippen molar-refractivity contribution < 1.29 is 14.4 Å². The molecule has 0 aliphatic rings. The van der Waals surface area contributed by atoms with Crippen molar-refractivity contribution in [2.45, 2.75) is 59.4 Å². The number of amides is 1. The summed E-state index contributed by atoms with van der Waals surface area (Å²) in [5.74, 6) is 0.643. The minimum absolute atomic E-state index is 0.0381. The molecule has 0 aliphatic heterocycles. The Kier molecular flexibility index (Phi) is 6.20. The van der Waals surface area contributed by atoms with E-state index in [9.17, 15) is 9.90 Å². The molecule has 0 spiro atoms. The molecule has 1 rings (SSSR count). The molecule has 1 amide bonds. The van der Waals surface area contributed by atoms with Gasteiger partial charge in [-0.1, -0.05) is 32.9 Å². The summed E-state index contributed by atoms with van der Waals surface area (Å²) in [6.07, 6.45) is 1.73. The van der Waals surface area contributed by atoms with Crippen LogP contribution in [0.2, 0.25) is 0 Å². The molecule has 5 heteroatoms. The van der Waals surface area contributed by atoms with Gasteiger partial charge >= 0.3 is 0 Å². The summed E-state index contributed by atoms with van der Waals surface area (Å²) >= 11 is 0. The topological polar surface area (TPSA) is 66.6 Å². The summed E-state index contributed by atoms with van der Waals surface area (Å²) in [6, 6.07) is 0.129. The highest BCUT2D eigenvalue weighted by atomic mass is 16.5. The van der Waals surface area contributed by atoms with Crippen LogP contribution in [0.15, 0.2) is 4.52 Å². The van der Waals surface area contributed by atoms with Crippen molar-refractivity contribution in [1.29, 1.82) is 0 Å². The van der Waals surface area contributed by atoms with Crippen molar-refractivity contribution >= 4 is 5.91 Å². The lowest BCUT2D eigenvalue weighted by Crippen LogP contribution is -2.42. The normalized spacial score (nSPS) is 11.4. The number of hydrogen-bond acceptors (Lipinski definition) is 4. The lowest BCUT2D eigenvalue weighted by atomic mass is 10.0. The maximum absolute atomic E-state index is 12.8. The van der Waals surface area contributed by atoms with Crippen LogP contribution in [-0.2, 0) is 0 Å². The van der Waals surface area contributed by atoms with Gasteiger partial charge in [0.2, 0.25) is 0 Å². The van der Waals surface area contributed by atoms with Crippen LogP contribution in [0.5, 0.6) is 0 Å². The third-order valence-corrected chi connectivity index (χ3v) is 3.61. The highest BCUT2D eigenvalue weighted by molar-refractivity contribution is 5.96. The highest BCUT2D eigenvalue weighted by Gasteiger charge is 2.29. The van der Waals surface area contributed by atoms with Crippen LogP contribution >= 0.6 is 0 Å². The summed E-state index contributed by atoms with van der Waals surface area (Å²) in [5.41, 5.74) is 1.17. The number of rotatable bonds is 7. The molecule has 1 aromatic rings. The van der Waals surface area contributed by atoms with Crippen molar-refractivity contribution in [3.05, 3.63) is 17.0 Å². The number of hydrogen-bond donors (Lipinski definition) is 1. The van der Waals surface area contributed by atoms with Crippen molar-refractivity contribution in [1.82, 2.24) is 10.1 Å². The zero-order chi connectivity index (χ0) is 15.3. The average molecular weight is 282 g/mol. The number of aliphatic hydroxyl groups is 1. The monoisotopic (exact) mass is 282 g/mol. The van der Waals surface area contributed by atoms with Gasteiger partial charge < -0.3 is 14.5 Å². The number of carbonyl (C=O) groups is 1. The van der Waals surface area contributed by atoms with Gasteiger partial charge in [0.15, 0.2) is 5.76 Å². The molecule has 0 saturated carbocycles. The molecule has 0 radical (unpaired) electrons. The second-order valence-corrected chi connectivity index (χ2v) is 5.35. The van der Waals surface area contributed by atoms with Crippen LogP contribution in [0.4, 0.5) is 0 Å². The molecule has 114 valence electrons. The van der Waals surface area contributed by atoms with E-state index in [4.69, 9.17) is 4.52 Å². The van der Waals surface area contributed by atoms with E-state index in [-0.39, 0.29) is 24.5 Å². The first kappa shape index (κ1) is 16.7. The minimum atomic E-state index is -0.0878. The fraction of sp³-hybridized carbons (Fsp3) is 0.733. The fourth-order valence-corrected chi connectivity index (χ4v) is 2.47. The Hall–Kier alpha value is -1.36. The standard InChI is InChI=1S/C15H26N2O3/c1-6-12(7-2)17(8-9-18)15(19)13-11(5)16-20-14(13)10(3)4/h10,12,18H,6-9H2,1-5H3. The number of nitrogens with zero attached hydrogens (tertiary/aromatic N) is 2. The predicted octanol–water partition coefficient (Wildman–Crippen LogP) is 2.73. The molecule has 20 heavy (non-hydrogen) atoms. The first-order valence-electron chi connectivity index (χ1n) is 7.35. The molecule has 1 aromatic heterocycles. The molecule has 1 N–H and O–H groups in total. The van der Waals surface area contributed by atoms with E-state index in [2.05, 4.69) is 19.0 Å². The summed E-state index contributed by atoms with van der Waals surface area (Å²) in [4.78, 5) is 14.6. The first-order chi connectivity index (χ1) is 9.47. The van der Waals surface area contributed by atoms with Gasteiger partial charge in [-0.3, -0.25) is 4.79 Å². The minimum Gasteiger partial charge on any atom is -0.395 e. The molecule has 0 aromatic carbocycles. The molecular weight excluding hydrogens is 256 g/mol. The molecule has 0 aliphatic carbocycles. The van der Waals surface area contributed by atoms with Crippen LogP contribution in [0.1, 0.15) is 68.3 Å². The van der Waals surface area contributed by atoms with Gasteiger partial charge in [-0.25, -0.2) is 0 Å². The Morgan fingerprint density at radius 2 is 1.95 bits per heavy atom. The second-order valence-electron chi connectivity index (χ2n) is 5.35. The largest absolute Gasteiger partial charge is 0.395 e. The molecule has 0 unspecified atom stereocenters. The van der Waals surface area contributed by atoms with Gasteiger partial charge in [-0.15, -0.1) is 0 Å². The number of carbonyl (C=O) groups excluding carboxylic acids is 1. The molecule has 0 atom stereocenters. The van der Waals surface area contributed by atoms with Gasteiger partial charge in [-0.2, -0.15) is 0 Å². The zero-order valence-corrected chi connectivity index (χ0v) is 13.1. The van der Waals surface area contributed by atoms with Crippen LogP contribution < -0.4 is 0 Å². The maximum Gasteiger partial charge on any atom is 0.259 e. The predicted molar refractivity (Wildman–Crippen MR) is 77.8 cm³/mol. The van der Waals surface area contributed by atoms with Gasteiger partial charge in [0, 0.05) is 18.5 Å². The lowest BCUT2D eigenvalue weighted by Gasteiger charge is -2.30. The molecule has 0 fully saturated rings. The van der Waals surface area contributed by atoms with Gasteiger partial charge in [-0.05, 0) is 19.8 Å². The maximum atomic E-state index is 12.8. The van der Waals surface area contributed by atoms with E-state index in [0.29, 0.717) is 23.6 Å².